The van der Waals surface area contributed by atoms with E-state index in [9.17, 15) is 15.0 Å². The molecule has 0 aromatic heterocycles. The van der Waals surface area contributed by atoms with E-state index in [4.69, 9.17) is 4.74 Å². The molecular formula is C20H24N2O4. The number of benzene rings is 2. The van der Waals surface area contributed by atoms with Crippen molar-refractivity contribution in [3.63, 3.8) is 0 Å². The molecule has 2 aromatic carbocycles. The maximum atomic E-state index is 12.7. The molecule has 6 heteroatoms. The van der Waals surface area contributed by atoms with Crippen LogP contribution in [0.2, 0.25) is 0 Å². The van der Waals surface area contributed by atoms with Gasteiger partial charge in [-0.15, -0.1) is 0 Å². The van der Waals surface area contributed by atoms with Crippen molar-refractivity contribution in [3.05, 3.63) is 48.5 Å². The summed E-state index contributed by atoms with van der Waals surface area (Å²) in [4.78, 5) is 14.3. The van der Waals surface area contributed by atoms with Crippen LogP contribution in [0.5, 0.6) is 5.75 Å². The SMILES string of the molecule is COc1ccc(-c2ccccc2NC(=O)N2C[C@@H](CO)[C@H](CO)C2)cc1. The number of para-hydroxylation sites is 1. The van der Waals surface area contributed by atoms with Gasteiger partial charge in [0, 0.05) is 43.7 Å². The number of rotatable bonds is 5. The number of urea groups is 1. The average molecular weight is 356 g/mol. The lowest BCUT2D eigenvalue weighted by molar-refractivity contribution is 0.152. The number of carbonyl (C=O) groups is 1. The Kier molecular flexibility index (Phi) is 5.75. The number of hydrogen-bond donors (Lipinski definition) is 3. The quantitative estimate of drug-likeness (QED) is 0.768. The third kappa shape index (κ3) is 3.81. The van der Waals surface area contributed by atoms with Crippen molar-refractivity contribution in [1.82, 2.24) is 4.90 Å². The van der Waals surface area contributed by atoms with Gasteiger partial charge in [0.2, 0.25) is 0 Å². The first-order valence-corrected chi connectivity index (χ1v) is 8.67. The van der Waals surface area contributed by atoms with Crippen molar-refractivity contribution >= 4 is 11.7 Å². The number of hydrogen-bond acceptors (Lipinski definition) is 4. The zero-order chi connectivity index (χ0) is 18.5. The first-order valence-electron chi connectivity index (χ1n) is 8.67. The van der Waals surface area contributed by atoms with E-state index < -0.39 is 0 Å². The number of ether oxygens (including phenoxy) is 1. The highest BCUT2D eigenvalue weighted by molar-refractivity contribution is 5.94. The number of carbonyl (C=O) groups excluding carboxylic acids is 1. The second kappa shape index (κ2) is 8.21. The molecule has 0 unspecified atom stereocenters. The molecule has 1 fully saturated rings. The summed E-state index contributed by atoms with van der Waals surface area (Å²) < 4.78 is 5.19. The average Bonchev–Trinajstić information content (AvgIpc) is 3.12. The van der Waals surface area contributed by atoms with Crippen molar-refractivity contribution in [1.29, 1.82) is 0 Å². The molecule has 0 spiro atoms. The molecule has 0 saturated carbocycles. The van der Waals surface area contributed by atoms with Gasteiger partial charge in [-0.05, 0) is 23.8 Å². The van der Waals surface area contributed by atoms with Gasteiger partial charge in [0.1, 0.15) is 5.75 Å². The number of anilines is 1. The molecule has 2 amide bonds. The zero-order valence-corrected chi connectivity index (χ0v) is 14.8. The van der Waals surface area contributed by atoms with Gasteiger partial charge in [-0.3, -0.25) is 0 Å². The fourth-order valence-corrected chi connectivity index (χ4v) is 3.33. The Morgan fingerprint density at radius 1 is 1.08 bits per heavy atom. The first-order chi connectivity index (χ1) is 12.7. The van der Waals surface area contributed by atoms with E-state index in [-0.39, 0.29) is 31.1 Å². The van der Waals surface area contributed by atoms with Crippen LogP contribution in [0.1, 0.15) is 0 Å². The Morgan fingerprint density at radius 2 is 1.69 bits per heavy atom. The summed E-state index contributed by atoms with van der Waals surface area (Å²) >= 11 is 0. The third-order valence-corrected chi connectivity index (χ3v) is 4.90. The van der Waals surface area contributed by atoms with Crippen LogP contribution in [0.4, 0.5) is 10.5 Å². The predicted octanol–water partition coefficient (Wildman–Crippen LogP) is 2.43. The summed E-state index contributed by atoms with van der Waals surface area (Å²) in [6, 6.07) is 15.1. The minimum absolute atomic E-state index is 0.0303. The Bertz CT molecular complexity index is 736. The molecule has 3 N–H and O–H groups in total. The molecule has 0 aliphatic carbocycles. The Labute approximate surface area is 153 Å². The third-order valence-electron chi connectivity index (χ3n) is 4.90. The molecule has 138 valence electrons. The molecule has 0 bridgehead atoms. The molecule has 1 aliphatic heterocycles. The summed E-state index contributed by atoms with van der Waals surface area (Å²) in [6.07, 6.45) is 0. The van der Waals surface area contributed by atoms with E-state index in [0.29, 0.717) is 13.1 Å². The Balaban J connectivity index is 1.77. The van der Waals surface area contributed by atoms with Gasteiger partial charge >= 0.3 is 6.03 Å². The number of methoxy groups -OCH3 is 1. The van der Waals surface area contributed by atoms with Gasteiger partial charge in [0.05, 0.1) is 12.8 Å². The highest BCUT2D eigenvalue weighted by Crippen LogP contribution is 2.30. The van der Waals surface area contributed by atoms with E-state index >= 15 is 0 Å². The summed E-state index contributed by atoms with van der Waals surface area (Å²) in [6.45, 7) is 0.825. The fourth-order valence-electron chi connectivity index (χ4n) is 3.33. The summed E-state index contributed by atoms with van der Waals surface area (Å²) in [5, 5.41) is 21.8. The Hall–Kier alpha value is -2.57. The van der Waals surface area contributed by atoms with Crippen LogP contribution >= 0.6 is 0 Å². The van der Waals surface area contributed by atoms with Crippen molar-refractivity contribution in [2.45, 2.75) is 0 Å². The van der Waals surface area contributed by atoms with E-state index in [1.807, 2.05) is 48.5 Å². The van der Waals surface area contributed by atoms with Gasteiger partial charge < -0.3 is 25.2 Å². The number of nitrogens with one attached hydrogen (secondary N) is 1. The van der Waals surface area contributed by atoms with Crippen molar-refractivity contribution in [2.24, 2.45) is 11.8 Å². The van der Waals surface area contributed by atoms with Crippen LogP contribution in [0.15, 0.2) is 48.5 Å². The van der Waals surface area contributed by atoms with Crippen molar-refractivity contribution in [2.75, 3.05) is 38.7 Å². The second-order valence-corrected chi connectivity index (χ2v) is 6.49. The van der Waals surface area contributed by atoms with Crippen molar-refractivity contribution < 1.29 is 19.7 Å². The van der Waals surface area contributed by atoms with Gasteiger partial charge in [-0.1, -0.05) is 30.3 Å². The molecule has 6 nitrogen and oxygen atoms in total. The maximum absolute atomic E-state index is 12.7. The Morgan fingerprint density at radius 3 is 2.27 bits per heavy atom. The zero-order valence-electron chi connectivity index (χ0n) is 14.8. The van der Waals surface area contributed by atoms with Gasteiger partial charge in [-0.25, -0.2) is 4.79 Å². The molecule has 0 radical (unpaired) electrons. The molecule has 3 rings (SSSR count). The fraction of sp³-hybridized carbons (Fsp3) is 0.350. The topological polar surface area (TPSA) is 82.0 Å². The number of amides is 2. The van der Waals surface area contributed by atoms with E-state index in [0.717, 1.165) is 22.6 Å². The standard InChI is InChI=1S/C20H24N2O4/c1-26-17-8-6-14(7-9-17)18-4-2-3-5-19(18)21-20(25)22-10-15(12-23)16(11-22)13-24/h2-9,15-16,23-24H,10-13H2,1H3,(H,21,25)/t15-,16-/m0/s1. The summed E-state index contributed by atoms with van der Waals surface area (Å²) in [7, 11) is 1.62. The van der Waals surface area contributed by atoms with Gasteiger partial charge in [0.15, 0.2) is 0 Å². The van der Waals surface area contributed by atoms with Crippen LogP contribution in [-0.4, -0.2) is 54.6 Å². The lowest BCUT2D eigenvalue weighted by Crippen LogP contribution is -2.33. The van der Waals surface area contributed by atoms with E-state index in [1.54, 1.807) is 12.0 Å². The lowest BCUT2D eigenvalue weighted by Gasteiger charge is -2.19. The largest absolute Gasteiger partial charge is 0.497 e. The van der Waals surface area contributed by atoms with Gasteiger partial charge in [0.25, 0.3) is 0 Å². The molecule has 1 heterocycles. The summed E-state index contributed by atoms with van der Waals surface area (Å²) in [5.74, 6) is 0.614. The maximum Gasteiger partial charge on any atom is 0.321 e. The molecule has 26 heavy (non-hydrogen) atoms. The molecular weight excluding hydrogens is 332 g/mol. The highest BCUT2D eigenvalue weighted by atomic mass is 16.5. The number of likely N-dealkylation sites (tertiary alicyclic amines) is 1. The number of nitrogens with zero attached hydrogens (tertiary/aromatic N) is 1. The smallest absolute Gasteiger partial charge is 0.321 e. The minimum Gasteiger partial charge on any atom is -0.497 e. The predicted molar refractivity (Wildman–Crippen MR) is 100 cm³/mol. The van der Waals surface area contributed by atoms with E-state index in [1.165, 1.54) is 0 Å². The van der Waals surface area contributed by atoms with Gasteiger partial charge in [-0.2, -0.15) is 0 Å². The number of aliphatic hydroxyl groups is 2. The highest BCUT2D eigenvalue weighted by Gasteiger charge is 2.34. The van der Waals surface area contributed by atoms with Crippen molar-refractivity contribution in [3.8, 4) is 16.9 Å². The van der Waals surface area contributed by atoms with E-state index in [2.05, 4.69) is 5.32 Å². The minimum atomic E-state index is -0.222. The molecule has 2 atom stereocenters. The second-order valence-electron chi connectivity index (χ2n) is 6.49. The monoisotopic (exact) mass is 356 g/mol. The van der Waals surface area contributed by atoms with Crippen LogP contribution < -0.4 is 10.1 Å². The lowest BCUT2D eigenvalue weighted by atomic mass is 9.98. The summed E-state index contributed by atoms with van der Waals surface area (Å²) in [5.41, 5.74) is 2.61. The van der Waals surface area contributed by atoms with Crippen LogP contribution in [0.3, 0.4) is 0 Å². The molecule has 1 saturated heterocycles. The van der Waals surface area contributed by atoms with Crippen LogP contribution in [-0.2, 0) is 0 Å². The number of aliphatic hydroxyl groups excluding tert-OH is 2. The molecule has 1 aliphatic rings. The van der Waals surface area contributed by atoms with Crippen LogP contribution in [0, 0.1) is 11.8 Å². The molecule has 2 aromatic rings. The first kappa shape index (κ1) is 18.2. The van der Waals surface area contributed by atoms with Crippen LogP contribution in [0.25, 0.3) is 11.1 Å². The normalized spacial score (nSPS) is 19.4.